The Kier molecular flexibility index (Phi) is 4.53. The van der Waals surface area contributed by atoms with E-state index in [0.29, 0.717) is 16.9 Å². The van der Waals surface area contributed by atoms with E-state index in [9.17, 15) is 4.79 Å². The lowest BCUT2D eigenvalue weighted by Gasteiger charge is -2.10. The van der Waals surface area contributed by atoms with Gasteiger partial charge in [0, 0.05) is 17.2 Å². The first-order chi connectivity index (χ1) is 9.65. The molecule has 0 heterocycles. The van der Waals surface area contributed by atoms with Crippen molar-refractivity contribution in [2.24, 2.45) is 5.73 Å². The van der Waals surface area contributed by atoms with Gasteiger partial charge in [0.1, 0.15) is 5.75 Å². The Morgan fingerprint density at radius 2 is 1.80 bits per heavy atom. The topological polar surface area (TPSA) is 52.3 Å². The summed E-state index contributed by atoms with van der Waals surface area (Å²) in [5, 5.41) is 0. The molecule has 0 fully saturated rings. The average Bonchev–Trinajstić information content (AvgIpc) is 2.53. The Morgan fingerprint density at radius 1 is 1.15 bits per heavy atom. The minimum atomic E-state index is -0.0342. The molecule has 1 unspecified atom stereocenters. The van der Waals surface area contributed by atoms with Crippen molar-refractivity contribution in [3.8, 4) is 5.75 Å². The maximum absolute atomic E-state index is 12.5. The zero-order chi connectivity index (χ0) is 14.5. The number of ether oxygens (including phenoxy) is 1. The smallest absolute Gasteiger partial charge is 0.193 e. The highest BCUT2D eigenvalue weighted by atomic mass is 16.5. The van der Waals surface area contributed by atoms with Crippen LogP contribution in [0.25, 0.3) is 0 Å². The molecule has 0 amide bonds. The van der Waals surface area contributed by atoms with E-state index in [1.165, 1.54) is 0 Å². The lowest BCUT2D eigenvalue weighted by Crippen LogP contribution is -2.10. The predicted octanol–water partition coefficient (Wildman–Crippen LogP) is 3.34. The summed E-state index contributed by atoms with van der Waals surface area (Å²) in [6.45, 7) is 2.03. The van der Waals surface area contributed by atoms with Crippen LogP contribution in [0.1, 0.15) is 40.9 Å². The molecule has 0 aromatic heterocycles. The van der Waals surface area contributed by atoms with Gasteiger partial charge in [0.2, 0.25) is 0 Å². The van der Waals surface area contributed by atoms with Crippen molar-refractivity contribution >= 4 is 5.78 Å². The molecule has 0 saturated carbocycles. The first kappa shape index (κ1) is 14.3. The second kappa shape index (κ2) is 6.35. The van der Waals surface area contributed by atoms with Gasteiger partial charge in [-0.05, 0) is 30.2 Å². The van der Waals surface area contributed by atoms with Crippen LogP contribution >= 0.6 is 0 Å². The molecule has 3 heteroatoms. The zero-order valence-corrected chi connectivity index (χ0v) is 11.8. The molecule has 3 nitrogen and oxygen atoms in total. The highest BCUT2D eigenvalue weighted by Gasteiger charge is 2.12. The predicted molar refractivity (Wildman–Crippen MR) is 80.1 cm³/mol. The lowest BCUT2D eigenvalue weighted by atomic mass is 9.98. The van der Waals surface area contributed by atoms with Crippen LogP contribution in [0, 0.1) is 0 Å². The fourth-order valence-corrected chi connectivity index (χ4v) is 2.08. The van der Waals surface area contributed by atoms with Gasteiger partial charge in [-0.3, -0.25) is 4.79 Å². The van der Waals surface area contributed by atoms with Gasteiger partial charge in [-0.1, -0.05) is 37.3 Å². The van der Waals surface area contributed by atoms with E-state index in [1.807, 2.05) is 43.3 Å². The third kappa shape index (κ3) is 3.06. The number of hydrogen-bond donors (Lipinski definition) is 1. The number of nitrogens with two attached hydrogens (primary N) is 1. The van der Waals surface area contributed by atoms with Gasteiger partial charge in [0.15, 0.2) is 5.78 Å². The summed E-state index contributed by atoms with van der Waals surface area (Å²) in [7, 11) is 1.59. The van der Waals surface area contributed by atoms with Crippen molar-refractivity contribution < 1.29 is 9.53 Å². The van der Waals surface area contributed by atoms with E-state index in [1.54, 1.807) is 19.2 Å². The lowest BCUT2D eigenvalue weighted by molar-refractivity contribution is 0.103. The molecule has 1 atom stereocenters. The van der Waals surface area contributed by atoms with E-state index in [4.69, 9.17) is 10.5 Å². The van der Waals surface area contributed by atoms with E-state index in [2.05, 4.69) is 0 Å². The Morgan fingerprint density at radius 3 is 2.45 bits per heavy atom. The summed E-state index contributed by atoms with van der Waals surface area (Å²) in [6.07, 6.45) is 0.844. The van der Waals surface area contributed by atoms with Gasteiger partial charge >= 0.3 is 0 Å². The fourth-order valence-electron chi connectivity index (χ4n) is 2.08. The van der Waals surface area contributed by atoms with E-state index in [0.717, 1.165) is 12.0 Å². The number of rotatable bonds is 5. The molecule has 0 spiro atoms. The van der Waals surface area contributed by atoms with Gasteiger partial charge in [-0.15, -0.1) is 0 Å². The molecule has 0 aliphatic carbocycles. The van der Waals surface area contributed by atoms with Gasteiger partial charge in [0.05, 0.1) is 7.11 Å². The molecule has 2 aromatic carbocycles. The highest BCUT2D eigenvalue weighted by Crippen LogP contribution is 2.19. The SMILES string of the molecule is CCC(N)c1cccc(C(=O)c2cccc(OC)c2)c1. The van der Waals surface area contributed by atoms with Crippen LogP contribution in [0.5, 0.6) is 5.75 Å². The van der Waals surface area contributed by atoms with Crippen LogP contribution in [0.3, 0.4) is 0 Å². The Labute approximate surface area is 119 Å². The second-order valence-electron chi connectivity index (χ2n) is 4.70. The average molecular weight is 269 g/mol. The zero-order valence-electron chi connectivity index (χ0n) is 11.8. The molecule has 0 aliphatic heterocycles. The molecular weight excluding hydrogens is 250 g/mol. The van der Waals surface area contributed by atoms with Crippen molar-refractivity contribution in [1.29, 1.82) is 0 Å². The van der Waals surface area contributed by atoms with Crippen LogP contribution in [0.4, 0.5) is 0 Å². The molecule has 2 aromatic rings. The van der Waals surface area contributed by atoms with Crippen LogP contribution < -0.4 is 10.5 Å². The monoisotopic (exact) mass is 269 g/mol. The third-order valence-electron chi connectivity index (χ3n) is 3.35. The second-order valence-corrected chi connectivity index (χ2v) is 4.70. The largest absolute Gasteiger partial charge is 0.497 e. The standard InChI is InChI=1S/C17H19NO2/c1-3-16(18)12-6-4-7-13(10-12)17(19)14-8-5-9-15(11-14)20-2/h4-11,16H,3,18H2,1-2H3. The van der Waals surface area contributed by atoms with Crippen LogP contribution in [0.2, 0.25) is 0 Å². The van der Waals surface area contributed by atoms with Crippen LogP contribution in [-0.4, -0.2) is 12.9 Å². The summed E-state index contributed by atoms with van der Waals surface area (Å²) in [4.78, 5) is 12.5. The van der Waals surface area contributed by atoms with Gasteiger partial charge in [0.25, 0.3) is 0 Å². The highest BCUT2D eigenvalue weighted by molar-refractivity contribution is 6.09. The van der Waals surface area contributed by atoms with Gasteiger partial charge < -0.3 is 10.5 Å². The molecule has 20 heavy (non-hydrogen) atoms. The van der Waals surface area contributed by atoms with E-state index in [-0.39, 0.29) is 11.8 Å². The molecule has 0 saturated heterocycles. The third-order valence-corrected chi connectivity index (χ3v) is 3.35. The van der Waals surface area contributed by atoms with Crippen LogP contribution in [-0.2, 0) is 0 Å². The van der Waals surface area contributed by atoms with E-state index >= 15 is 0 Å². The summed E-state index contributed by atoms with van der Waals surface area (Å²) in [6, 6.07) is 14.6. The summed E-state index contributed by atoms with van der Waals surface area (Å²) in [5.74, 6) is 0.659. The molecule has 104 valence electrons. The number of carbonyl (C=O) groups is 1. The molecule has 2 rings (SSSR count). The first-order valence-electron chi connectivity index (χ1n) is 6.70. The normalized spacial score (nSPS) is 11.9. The summed E-state index contributed by atoms with van der Waals surface area (Å²) >= 11 is 0. The van der Waals surface area contributed by atoms with Crippen LogP contribution in [0.15, 0.2) is 48.5 Å². The minimum absolute atomic E-state index is 0.0194. The van der Waals surface area contributed by atoms with Crippen molar-refractivity contribution in [2.45, 2.75) is 19.4 Å². The van der Waals surface area contributed by atoms with Gasteiger partial charge in [-0.25, -0.2) is 0 Å². The molecule has 0 radical (unpaired) electrons. The Balaban J connectivity index is 2.33. The molecular formula is C17H19NO2. The quantitative estimate of drug-likeness (QED) is 0.847. The Bertz CT molecular complexity index is 607. The van der Waals surface area contributed by atoms with E-state index < -0.39 is 0 Å². The molecule has 2 N–H and O–H groups in total. The van der Waals surface area contributed by atoms with Crippen molar-refractivity contribution in [1.82, 2.24) is 0 Å². The number of carbonyl (C=O) groups excluding carboxylic acids is 1. The van der Waals surface area contributed by atoms with Crippen molar-refractivity contribution in [2.75, 3.05) is 7.11 Å². The number of ketones is 1. The summed E-state index contributed by atoms with van der Waals surface area (Å²) in [5.41, 5.74) is 8.27. The maximum Gasteiger partial charge on any atom is 0.193 e. The maximum atomic E-state index is 12.5. The van der Waals surface area contributed by atoms with Crippen molar-refractivity contribution in [3.05, 3.63) is 65.2 Å². The molecule has 0 aliphatic rings. The van der Waals surface area contributed by atoms with Crippen molar-refractivity contribution in [3.63, 3.8) is 0 Å². The van der Waals surface area contributed by atoms with Gasteiger partial charge in [-0.2, -0.15) is 0 Å². The summed E-state index contributed by atoms with van der Waals surface area (Å²) < 4.78 is 5.15. The fraction of sp³-hybridized carbons (Fsp3) is 0.235. The number of hydrogen-bond acceptors (Lipinski definition) is 3. The number of benzene rings is 2. The molecule has 0 bridgehead atoms. The first-order valence-corrected chi connectivity index (χ1v) is 6.70. The Hall–Kier alpha value is -2.13. The number of methoxy groups -OCH3 is 1. The minimum Gasteiger partial charge on any atom is -0.497 e.